The second kappa shape index (κ2) is 7.96. The van der Waals surface area contributed by atoms with Gasteiger partial charge in [0.15, 0.2) is 0 Å². The Morgan fingerprint density at radius 3 is 2.45 bits per heavy atom. The lowest BCUT2D eigenvalue weighted by Crippen LogP contribution is -2.47. The molecule has 20 heavy (non-hydrogen) atoms. The van der Waals surface area contributed by atoms with Crippen LogP contribution in [-0.2, 0) is 14.3 Å². The zero-order chi connectivity index (χ0) is 15.2. The van der Waals surface area contributed by atoms with Gasteiger partial charge in [-0.2, -0.15) is 0 Å². The van der Waals surface area contributed by atoms with Gasteiger partial charge in [-0.25, -0.2) is 0 Å². The lowest BCUT2D eigenvalue weighted by Gasteiger charge is -2.32. The Morgan fingerprint density at radius 1 is 1.35 bits per heavy atom. The summed E-state index contributed by atoms with van der Waals surface area (Å²) in [4.78, 5) is 11.1. The minimum absolute atomic E-state index is 0.267. The summed E-state index contributed by atoms with van der Waals surface area (Å²) < 4.78 is 11.6. The first kappa shape index (κ1) is 17.4. The van der Waals surface area contributed by atoms with Crippen LogP contribution in [0.1, 0.15) is 52.9 Å². The average Bonchev–Trinajstić information content (AvgIpc) is 2.36. The third-order valence-electron chi connectivity index (χ3n) is 4.10. The maximum atomic E-state index is 11.1. The molecule has 0 radical (unpaired) electrons. The summed E-state index contributed by atoms with van der Waals surface area (Å²) in [6, 6.07) is 0. The highest BCUT2D eigenvalue weighted by molar-refractivity contribution is 5.78. The summed E-state index contributed by atoms with van der Waals surface area (Å²) in [6.07, 6.45) is 5.07. The van der Waals surface area contributed by atoms with Gasteiger partial charge in [0.05, 0.1) is 18.3 Å². The molecular formula is C15H29NO4. The van der Waals surface area contributed by atoms with E-state index < -0.39 is 11.5 Å². The third-order valence-corrected chi connectivity index (χ3v) is 4.10. The fourth-order valence-electron chi connectivity index (χ4n) is 2.65. The highest BCUT2D eigenvalue weighted by atomic mass is 16.5. The number of nitrogens with one attached hydrogen (secondary N) is 1. The monoisotopic (exact) mass is 287 g/mol. The predicted octanol–water partition coefficient (Wildman–Crippen LogP) is 2.19. The minimum atomic E-state index is -0.832. The van der Waals surface area contributed by atoms with Crippen molar-refractivity contribution in [2.45, 2.75) is 76.7 Å². The van der Waals surface area contributed by atoms with Crippen LogP contribution >= 0.6 is 0 Å². The molecule has 3 unspecified atom stereocenters. The Balaban J connectivity index is 2.17. The van der Waals surface area contributed by atoms with E-state index in [4.69, 9.17) is 14.6 Å². The fraction of sp³-hybridized carbons (Fsp3) is 0.933. The number of unbranched alkanes of at least 4 members (excludes halogenated alkanes) is 1. The molecule has 3 atom stereocenters. The zero-order valence-electron chi connectivity index (χ0n) is 13.1. The Morgan fingerprint density at radius 2 is 1.95 bits per heavy atom. The van der Waals surface area contributed by atoms with Gasteiger partial charge in [0.1, 0.15) is 5.54 Å². The van der Waals surface area contributed by atoms with Gasteiger partial charge in [-0.05, 0) is 59.9 Å². The number of rotatable bonds is 8. The van der Waals surface area contributed by atoms with Crippen molar-refractivity contribution in [3.05, 3.63) is 0 Å². The molecule has 1 heterocycles. The van der Waals surface area contributed by atoms with Crippen molar-refractivity contribution in [1.29, 1.82) is 0 Å². The summed E-state index contributed by atoms with van der Waals surface area (Å²) in [5.74, 6) is -0.798. The topological polar surface area (TPSA) is 67.8 Å². The van der Waals surface area contributed by atoms with Gasteiger partial charge in [0, 0.05) is 6.61 Å². The van der Waals surface area contributed by atoms with Crippen LogP contribution < -0.4 is 5.32 Å². The van der Waals surface area contributed by atoms with E-state index in [1.165, 1.54) is 0 Å². The molecular weight excluding hydrogens is 258 g/mol. The standard InChI is InChI=1S/C15H29NO4/c1-11-9-13(10-12(2)20-11)19-8-6-5-7-15(3,16-4)14(17)18/h11-13,16H,5-10H2,1-4H3,(H,17,18). The molecule has 5 heteroatoms. The van der Waals surface area contributed by atoms with Crippen LogP contribution in [0.3, 0.4) is 0 Å². The molecule has 1 aliphatic heterocycles. The molecule has 0 bridgehead atoms. The third kappa shape index (κ3) is 5.38. The smallest absolute Gasteiger partial charge is 0.323 e. The molecule has 0 amide bonds. The van der Waals surface area contributed by atoms with Gasteiger partial charge < -0.3 is 19.9 Å². The van der Waals surface area contributed by atoms with Crippen molar-refractivity contribution in [3.63, 3.8) is 0 Å². The van der Waals surface area contributed by atoms with E-state index in [0.717, 1.165) is 25.7 Å². The van der Waals surface area contributed by atoms with Gasteiger partial charge in [-0.3, -0.25) is 4.79 Å². The Labute approximate surface area is 122 Å². The lowest BCUT2D eigenvalue weighted by atomic mass is 9.95. The van der Waals surface area contributed by atoms with Gasteiger partial charge in [0.2, 0.25) is 0 Å². The second-order valence-corrected chi connectivity index (χ2v) is 6.07. The highest BCUT2D eigenvalue weighted by Gasteiger charge is 2.30. The summed E-state index contributed by atoms with van der Waals surface area (Å²) in [5, 5.41) is 12.0. The molecule has 118 valence electrons. The first-order valence-corrected chi connectivity index (χ1v) is 7.56. The molecule has 1 saturated heterocycles. The SMILES string of the molecule is CNC(C)(CCCCOC1CC(C)OC(C)C1)C(=O)O. The van der Waals surface area contributed by atoms with Crippen LogP contribution in [0.5, 0.6) is 0 Å². The van der Waals surface area contributed by atoms with E-state index in [0.29, 0.717) is 13.0 Å². The molecule has 0 saturated carbocycles. The molecule has 0 aromatic carbocycles. The molecule has 2 N–H and O–H groups in total. The molecule has 0 aromatic rings. The fourth-order valence-corrected chi connectivity index (χ4v) is 2.65. The first-order chi connectivity index (χ1) is 9.37. The number of likely N-dealkylation sites (N-methyl/N-ethyl adjacent to an activating group) is 1. The van der Waals surface area contributed by atoms with Gasteiger partial charge in [-0.1, -0.05) is 0 Å². The van der Waals surface area contributed by atoms with E-state index in [2.05, 4.69) is 19.2 Å². The largest absolute Gasteiger partial charge is 0.480 e. The van der Waals surface area contributed by atoms with Crippen LogP contribution in [0, 0.1) is 0 Å². The van der Waals surface area contributed by atoms with Crippen molar-refractivity contribution in [2.75, 3.05) is 13.7 Å². The lowest BCUT2D eigenvalue weighted by molar-refractivity contribution is -0.144. The molecule has 1 rings (SSSR count). The normalized spacial score (nSPS) is 29.9. The Kier molecular flexibility index (Phi) is 6.92. The predicted molar refractivity (Wildman–Crippen MR) is 77.9 cm³/mol. The van der Waals surface area contributed by atoms with E-state index >= 15 is 0 Å². The van der Waals surface area contributed by atoms with Crippen LogP contribution in [0.2, 0.25) is 0 Å². The maximum absolute atomic E-state index is 11.1. The van der Waals surface area contributed by atoms with Crippen LogP contribution in [-0.4, -0.2) is 48.6 Å². The van der Waals surface area contributed by atoms with E-state index in [-0.39, 0.29) is 18.3 Å². The number of aliphatic carboxylic acids is 1. The number of hydrogen-bond acceptors (Lipinski definition) is 4. The molecule has 5 nitrogen and oxygen atoms in total. The molecule has 1 fully saturated rings. The summed E-state index contributed by atoms with van der Waals surface area (Å²) >= 11 is 0. The Hall–Kier alpha value is -0.650. The zero-order valence-corrected chi connectivity index (χ0v) is 13.1. The van der Waals surface area contributed by atoms with Crippen molar-refractivity contribution in [2.24, 2.45) is 0 Å². The van der Waals surface area contributed by atoms with Crippen molar-refractivity contribution < 1.29 is 19.4 Å². The number of hydrogen-bond donors (Lipinski definition) is 2. The van der Waals surface area contributed by atoms with Gasteiger partial charge >= 0.3 is 5.97 Å². The molecule has 0 spiro atoms. The van der Waals surface area contributed by atoms with Gasteiger partial charge in [0.25, 0.3) is 0 Å². The van der Waals surface area contributed by atoms with Crippen molar-refractivity contribution >= 4 is 5.97 Å². The maximum Gasteiger partial charge on any atom is 0.323 e. The van der Waals surface area contributed by atoms with E-state index in [1.807, 2.05) is 0 Å². The van der Waals surface area contributed by atoms with Crippen molar-refractivity contribution in [1.82, 2.24) is 5.32 Å². The molecule has 1 aliphatic rings. The minimum Gasteiger partial charge on any atom is -0.480 e. The average molecular weight is 287 g/mol. The van der Waals surface area contributed by atoms with Gasteiger partial charge in [-0.15, -0.1) is 0 Å². The van der Waals surface area contributed by atoms with Crippen LogP contribution in [0.15, 0.2) is 0 Å². The second-order valence-electron chi connectivity index (χ2n) is 6.07. The van der Waals surface area contributed by atoms with Crippen molar-refractivity contribution in [3.8, 4) is 0 Å². The van der Waals surface area contributed by atoms with Crippen LogP contribution in [0.25, 0.3) is 0 Å². The van der Waals surface area contributed by atoms with E-state index in [1.54, 1.807) is 14.0 Å². The molecule has 0 aromatic heterocycles. The highest BCUT2D eigenvalue weighted by Crippen LogP contribution is 2.22. The van der Waals surface area contributed by atoms with Crippen LogP contribution in [0.4, 0.5) is 0 Å². The van der Waals surface area contributed by atoms with E-state index in [9.17, 15) is 4.79 Å². The number of carboxylic acid groups (broad SMARTS) is 1. The number of ether oxygens (including phenoxy) is 2. The quantitative estimate of drug-likeness (QED) is 0.670. The number of carboxylic acids is 1. The summed E-state index contributed by atoms with van der Waals surface area (Å²) in [7, 11) is 1.69. The number of carbonyl (C=O) groups is 1. The Bertz CT molecular complexity index is 300. The summed E-state index contributed by atoms with van der Waals surface area (Å²) in [6.45, 7) is 6.58. The first-order valence-electron chi connectivity index (χ1n) is 7.56. The summed E-state index contributed by atoms with van der Waals surface area (Å²) in [5.41, 5.74) is -0.832. The molecule has 0 aliphatic carbocycles.